The Bertz CT molecular complexity index is 1250. The van der Waals surface area contributed by atoms with Crippen LogP contribution in [-0.4, -0.2) is 33.5 Å². The summed E-state index contributed by atoms with van der Waals surface area (Å²) in [6.45, 7) is 0.734. The summed E-state index contributed by atoms with van der Waals surface area (Å²) in [6.07, 6.45) is 1.79. The average Bonchev–Trinajstić information content (AvgIpc) is 3.26. The number of hydrogen-bond acceptors (Lipinski definition) is 6. The molecule has 3 aromatic rings. The molecule has 1 aromatic heterocycles. The molecule has 0 saturated carbocycles. The molecule has 1 amide bonds. The molecular weight excluding hydrogens is 412 g/mol. The summed E-state index contributed by atoms with van der Waals surface area (Å²) in [6, 6.07) is 6.53. The number of carbonyl (C=O) groups excluding carboxylic acids is 1. The number of carbonyl (C=O) groups is 1. The SMILES string of the molecule is O=C(Cn1c(=O)c(N2CCCC2)nc2ccc([N+](=O)[O-])cc21)Nc1ccc(F)cc1F. The van der Waals surface area contributed by atoms with Crippen LogP contribution in [0.3, 0.4) is 0 Å². The molecule has 1 N–H and O–H groups in total. The second kappa shape index (κ2) is 8.09. The van der Waals surface area contributed by atoms with Gasteiger partial charge in [0.2, 0.25) is 5.91 Å². The van der Waals surface area contributed by atoms with Crippen LogP contribution in [0.25, 0.3) is 11.0 Å². The summed E-state index contributed by atoms with van der Waals surface area (Å²) in [5.41, 5.74) is -0.667. The number of benzene rings is 2. The van der Waals surface area contributed by atoms with Crippen LogP contribution in [0.1, 0.15) is 12.8 Å². The van der Waals surface area contributed by atoms with E-state index in [-0.39, 0.29) is 22.7 Å². The van der Waals surface area contributed by atoms with E-state index in [0.29, 0.717) is 24.7 Å². The lowest BCUT2D eigenvalue weighted by atomic mass is 10.2. The Morgan fingerprint density at radius 3 is 2.58 bits per heavy atom. The molecular formula is C20H17F2N5O4. The van der Waals surface area contributed by atoms with E-state index in [4.69, 9.17) is 0 Å². The van der Waals surface area contributed by atoms with Crippen LogP contribution in [0.15, 0.2) is 41.2 Å². The highest BCUT2D eigenvalue weighted by Gasteiger charge is 2.22. The Kier molecular flexibility index (Phi) is 5.32. The number of aromatic nitrogens is 2. The van der Waals surface area contributed by atoms with Crippen LogP contribution in [0.2, 0.25) is 0 Å². The van der Waals surface area contributed by atoms with Crippen molar-refractivity contribution >= 4 is 34.1 Å². The fourth-order valence-electron chi connectivity index (χ4n) is 3.54. The van der Waals surface area contributed by atoms with E-state index < -0.39 is 34.6 Å². The van der Waals surface area contributed by atoms with Crippen molar-refractivity contribution in [1.29, 1.82) is 0 Å². The number of nitrogens with zero attached hydrogens (tertiary/aromatic N) is 4. The zero-order valence-electron chi connectivity index (χ0n) is 16.2. The molecule has 1 aliphatic rings. The molecule has 0 atom stereocenters. The summed E-state index contributed by atoms with van der Waals surface area (Å²) in [5, 5.41) is 13.5. The summed E-state index contributed by atoms with van der Waals surface area (Å²) in [5.74, 6) is -2.36. The molecule has 0 aliphatic carbocycles. The number of nitro groups is 1. The van der Waals surface area contributed by atoms with Crippen molar-refractivity contribution in [3.8, 4) is 0 Å². The van der Waals surface area contributed by atoms with Gasteiger partial charge in [-0.1, -0.05) is 0 Å². The van der Waals surface area contributed by atoms with E-state index in [9.17, 15) is 28.5 Å². The van der Waals surface area contributed by atoms with Crippen LogP contribution in [-0.2, 0) is 11.3 Å². The molecule has 31 heavy (non-hydrogen) atoms. The van der Waals surface area contributed by atoms with Crippen molar-refractivity contribution in [2.24, 2.45) is 0 Å². The zero-order valence-corrected chi connectivity index (χ0v) is 16.2. The molecule has 9 nitrogen and oxygen atoms in total. The van der Waals surface area contributed by atoms with Crippen molar-refractivity contribution < 1.29 is 18.5 Å². The Morgan fingerprint density at radius 1 is 1.16 bits per heavy atom. The number of rotatable bonds is 5. The van der Waals surface area contributed by atoms with Crippen LogP contribution < -0.4 is 15.8 Å². The quantitative estimate of drug-likeness (QED) is 0.493. The van der Waals surface area contributed by atoms with Gasteiger partial charge in [-0.25, -0.2) is 13.8 Å². The van der Waals surface area contributed by atoms with Crippen molar-refractivity contribution in [3.05, 3.63) is 68.5 Å². The van der Waals surface area contributed by atoms with E-state index in [1.54, 1.807) is 4.90 Å². The first kappa shape index (κ1) is 20.4. The molecule has 0 unspecified atom stereocenters. The Hall–Kier alpha value is -3.89. The van der Waals surface area contributed by atoms with Gasteiger partial charge in [-0.2, -0.15) is 0 Å². The van der Waals surface area contributed by atoms with Crippen LogP contribution >= 0.6 is 0 Å². The number of anilines is 2. The van der Waals surface area contributed by atoms with Gasteiger partial charge in [0.05, 0.1) is 21.6 Å². The van der Waals surface area contributed by atoms with Gasteiger partial charge in [0, 0.05) is 31.3 Å². The van der Waals surface area contributed by atoms with E-state index in [2.05, 4.69) is 10.3 Å². The molecule has 2 aromatic carbocycles. The van der Waals surface area contributed by atoms with Gasteiger partial charge < -0.3 is 10.2 Å². The standard InChI is InChI=1S/C20H17F2N5O4/c21-12-3-5-15(14(22)9-12)23-18(28)11-26-17-10-13(27(30)31)4-6-16(17)24-19(20(26)29)25-7-1-2-8-25/h3-6,9-10H,1-2,7-8,11H2,(H,23,28). The summed E-state index contributed by atoms with van der Waals surface area (Å²) >= 11 is 0. The number of fused-ring (bicyclic) bond motifs is 1. The first-order chi connectivity index (χ1) is 14.8. The maximum Gasteiger partial charge on any atom is 0.294 e. The minimum Gasteiger partial charge on any atom is -0.352 e. The third kappa shape index (κ3) is 4.06. The molecule has 1 fully saturated rings. The van der Waals surface area contributed by atoms with Gasteiger partial charge in [0.1, 0.15) is 18.2 Å². The van der Waals surface area contributed by atoms with E-state index in [0.717, 1.165) is 29.5 Å². The number of halogens is 2. The number of non-ortho nitro benzene ring substituents is 1. The predicted molar refractivity (Wildman–Crippen MR) is 109 cm³/mol. The van der Waals surface area contributed by atoms with Crippen LogP contribution in [0.5, 0.6) is 0 Å². The molecule has 0 radical (unpaired) electrons. The average molecular weight is 429 g/mol. The van der Waals surface area contributed by atoms with Crippen molar-refractivity contribution in [1.82, 2.24) is 9.55 Å². The molecule has 2 heterocycles. The van der Waals surface area contributed by atoms with Gasteiger partial charge in [0.25, 0.3) is 11.2 Å². The first-order valence-electron chi connectivity index (χ1n) is 9.52. The maximum atomic E-state index is 13.9. The van der Waals surface area contributed by atoms with Crippen molar-refractivity contribution in [3.63, 3.8) is 0 Å². The Labute approximate surface area is 174 Å². The highest BCUT2D eigenvalue weighted by Crippen LogP contribution is 2.23. The topological polar surface area (TPSA) is 110 Å². The molecule has 1 aliphatic heterocycles. The normalized spacial score (nSPS) is 13.5. The van der Waals surface area contributed by atoms with E-state index in [1.807, 2.05) is 0 Å². The first-order valence-corrected chi connectivity index (χ1v) is 9.52. The van der Waals surface area contributed by atoms with Gasteiger partial charge >= 0.3 is 0 Å². The molecule has 0 spiro atoms. The van der Waals surface area contributed by atoms with Crippen molar-refractivity contribution in [2.75, 3.05) is 23.3 Å². The van der Waals surface area contributed by atoms with Crippen LogP contribution in [0.4, 0.5) is 26.0 Å². The predicted octanol–water partition coefficient (Wildman–Crippen LogP) is 2.82. The monoisotopic (exact) mass is 429 g/mol. The fourth-order valence-corrected chi connectivity index (χ4v) is 3.54. The summed E-state index contributed by atoms with van der Waals surface area (Å²) in [4.78, 5) is 42.4. The van der Waals surface area contributed by atoms with E-state index >= 15 is 0 Å². The summed E-state index contributed by atoms with van der Waals surface area (Å²) in [7, 11) is 0. The van der Waals surface area contributed by atoms with Gasteiger partial charge in [0.15, 0.2) is 5.82 Å². The highest BCUT2D eigenvalue weighted by atomic mass is 19.1. The Balaban J connectivity index is 1.76. The molecule has 4 rings (SSSR count). The zero-order chi connectivity index (χ0) is 22.1. The third-order valence-corrected chi connectivity index (χ3v) is 5.04. The molecule has 160 valence electrons. The summed E-state index contributed by atoms with van der Waals surface area (Å²) < 4.78 is 28.1. The van der Waals surface area contributed by atoms with Crippen LogP contribution in [0, 0.1) is 21.7 Å². The number of nitrogens with one attached hydrogen (secondary N) is 1. The number of amides is 1. The molecule has 0 bridgehead atoms. The number of nitro benzene ring substituents is 1. The minimum absolute atomic E-state index is 0.108. The fraction of sp³-hybridized carbons (Fsp3) is 0.250. The lowest BCUT2D eigenvalue weighted by Gasteiger charge is -2.19. The second-order valence-corrected chi connectivity index (χ2v) is 7.12. The molecule has 1 saturated heterocycles. The smallest absolute Gasteiger partial charge is 0.294 e. The highest BCUT2D eigenvalue weighted by molar-refractivity contribution is 5.92. The third-order valence-electron chi connectivity index (χ3n) is 5.04. The van der Waals surface area contributed by atoms with E-state index in [1.165, 1.54) is 18.2 Å². The lowest BCUT2D eigenvalue weighted by Crippen LogP contribution is -2.34. The molecule has 11 heteroatoms. The Morgan fingerprint density at radius 2 is 1.90 bits per heavy atom. The van der Waals surface area contributed by atoms with Gasteiger partial charge in [-0.3, -0.25) is 24.3 Å². The van der Waals surface area contributed by atoms with Gasteiger partial charge in [-0.15, -0.1) is 0 Å². The largest absolute Gasteiger partial charge is 0.352 e. The van der Waals surface area contributed by atoms with Gasteiger partial charge in [-0.05, 0) is 31.0 Å². The lowest BCUT2D eigenvalue weighted by molar-refractivity contribution is -0.384. The van der Waals surface area contributed by atoms with Crippen molar-refractivity contribution in [2.45, 2.75) is 19.4 Å². The second-order valence-electron chi connectivity index (χ2n) is 7.12. The minimum atomic E-state index is -0.964. The number of hydrogen-bond donors (Lipinski definition) is 1. The maximum absolute atomic E-state index is 13.9.